The van der Waals surface area contributed by atoms with Crippen LogP contribution in [0, 0.1) is 5.82 Å². The number of rotatable bonds is 0. The van der Waals surface area contributed by atoms with Crippen LogP contribution in [0.2, 0.25) is 0 Å². The molecule has 9 heavy (non-hydrogen) atoms. The molecule has 0 aliphatic heterocycles. The Bertz CT molecular complexity index is 222. The molecule has 0 amide bonds. The molecule has 2 nitrogen and oxygen atoms in total. The number of nitrogen functional groups attached to an aromatic ring is 2. The molecule has 3 heteroatoms. The number of benzene rings is 1. The number of hydrogen-bond acceptors (Lipinski definition) is 2. The lowest BCUT2D eigenvalue weighted by atomic mass is 10.3. The lowest BCUT2D eigenvalue weighted by molar-refractivity contribution is 0.633. The van der Waals surface area contributed by atoms with Gasteiger partial charge in [-0.25, -0.2) is 4.39 Å². The minimum absolute atomic E-state index is 0.0926. The molecular formula is C6H7FN2. The van der Waals surface area contributed by atoms with Crippen LogP contribution in [0.5, 0.6) is 0 Å². The smallest absolute Gasteiger partial charge is 0.146 e. The van der Waals surface area contributed by atoms with Crippen LogP contribution in [-0.4, -0.2) is 0 Å². The highest BCUT2D eigenvalue weighted by Crippen LogP contribution is 2.12. The summed E-state index contributed by atoms with van der Waals surface area (Å²) >= 11 is 0. The van der Waals surface area contributed by atoms with Crippen LogP contribution in [0.3, 0.4) is 0 Å². The maximum absolute atomic E-state index is 12.3. The van der Waals surface area contributed by atoms with E-state index in [-0.39, 0.29) is 5.69 Å². The molecule has 0 aliphatic carbocycles. The van der Waals surface area contributed by atoms with Crippen LogP contribution >= 0.6 is 0 Å². The van der Waals surface area contributed by atoms with E-state index in [0.717, 1.165) is 0 Å². The van der Waals surface area contributed by atoms with Crippen molar-refractivity contribution in [3.8, 4) is 0 Å². The van der Waals surface area contributed by atoms with E-state index in [1.807, 2.05) is 0 Å². The summed E-state index contributed by atoms with van der Waals surface area (Å²) in [6, 6.07) is 4.09. The van der Waals surface area contributed by atoms with Crippen molar-refractivity contribution in [3.05, 3.63) is 24.0 Å². The molecule has 0 bridgehead atoms. The largest absolute Gasteiger partial charge is 0.399 e. The second-order valence-corrected chi connectivity index (χ2v) is 1.78. The maximum Gasteiger partial charge on any atom is 0.146 e. The standard InChI is InChI=1S/C6H7FN2/c7-5-2-1-4(8)3-6(5)9/h1-3H,8-9H2. The summed E-state index contributed by atoms with van der Waals surface area (Å²) in [6.45, 7) is 0. The van der Waals surface area contributed by atoms with E-state index >= 15 is 0 Å². The first-order valence-corrected chi connectivity index (χ1v) is 2.50. The molecule has 0 radical (unpaired) electrons. The van der Waals surface area contributed by atoms with Crippen molar-refractivity contribution < 1.29 is 4.39 Å². The molecule has 0 aliphatic rings. The molecule has 0 saturated carbocycles. The molecule has 48 valence electrons. The lowest BCUT2D eigenvalue weighted by Gasteiger charge is -1.95. The SMILES string of the molecule is Nc1ccc(F)c(N)c1. The molecular weight excluding hydrogens is 119 g/mol. The van der Waals surface area contributed by atoms with Gasteiger partial charge in [0.2, 0.25) is 0 Å². The van der Waals surface area contributed by atoms with Crippen LogP contribution in [0.1, 0.15) is 0 Å². The molecule has 0 saturated heterocycles. The Morgan fingerprint density at radius 2 is 1.89 bits per heavy atom. The van der Waals surface area contributed by atoms with E-state index in [4.69, 9.17) is 11.5 Å². The Balaban J connectivity index is 3.17. The van der Waals surface area contributed by atoms with Gasteiger partial charge in [-0.1, -0.05) is 0 Å². The van der Waals surface area contributed by atoms with E-state index in [2.05, 4.69) is 0 Å². The van der Waals surface area contributed by atoms with Crippen LogP contribution in [0.25, 0.3) is 0 Å². The number of hydrogen-bond donors (Lipinski definition) is 2. The normalized spacial score (nSPS) is 9.44. The van der Waals surface area contributed by atoms with Crippen molar-refractivity contribution in [1.82, 2.24) is 0 Å². The van der Waals surface area contributed by atoms with Crippen molar-refractivity contribution in [2.75, 3.05) is 11.5 Å². The average Bonchev–Trinajstić information content (AvgIpc) is 1.80. The Kier molecular flexibility index (Phi) is 1.26. The van der Waals surface area contributed by atoms with Gasteiger partial charge in [-0.05, 0) is 18.2 Å². The van der Waals surface area contributed by atoms with Crippen LogP contribution in [0.15, 0.2) is 18.2 Å². The van der Waals surface area contributed by atoms with Crippen LogP contribution in [-0.2, 0) is 0 Å². The van der Waals surface area contributed by atoms with E-state index in [0.29, 0.717) is 5.69 Å². The number of anilines is 2. The summed E-state index contributed by atoms with van der Waals surface area (Å²) in [7, 11) is 0. The molecule has 1 rings (SSSR count). The van der Waals surface area contributed by atoms with Gasteiger partial charge in [0.25, 0.3) is 0 Å². The van der Waals surface area contributed by atoms with Crippen molar-refractivity contribution >= 4 is 11.4 Å². The summed E-state index contributed by atoms with van der Waals surface area (Å²) in [4.78, 5) is 0. The van der Waals surface area contributed by atoms with Gasteiger partial charge < -0.3 is 11.5 Å². The van der Waals surface area contributed by atoms with E-state index in [9.17, 15) is 4.39 Å². The molecule has 1 aromatic carbocycles. The predicted octanol–water partition coefficient (Wildman–Crippen LogP) is 0.990. The Morgan fingerprint density at radius 1 is 1.22 bits per heavy atom. The molecule has 0 aromatic heterocycles. The highest BCUT2D eigenvalue weighted by atomic mass is 19.1. The molecule has 1 aromatic rings. The predicted molar refractivity (Wildman–Crippen MR) is 35.2 cm³/mol. The van der Waals surface area contributed by atoms with Crippen LogP contribution < -0.4 is 11.5 Å². The lowest BCUT2D eigenvalue weighted by Crippen LogP contribution is -1.92. The van der Waals surface area contributed by atoms with Gasteiger partial charge in [-0.3, -0.25) is 0 Å². The molecule has 0 fully saturated rings. The molecule has 0 spiro atoms. The third-order valence-corrected chi connectivity index (χ3v) is 1.02. The topological polar surface area (TPSA) is 52.0 Å². The first-order valence-electron chi connectivity index (χ1n) is 2.50. The highest BCUT2D eigenvalue weighted by molar-refractivity contribution is 5.51. The third-order valence-electron chi connectivity index (χ3n) is 1.02. The third kappa shape index (κ3) is 1.10. The van der Waals surface area contributed by atoms with E-state index in [1.165, 1.54) is 18.2 Å². The first-order chi connectivity index (χ1) is 4.20. The molecule has 4 N–H and O–H groups in total. The Hall–Kier alpha value is -1.25. The Morgan fingerprint density at radius 3 is 2.33 bits per heavy atom. The van der Waals surface area contributed by atoms with Gasteiger partial charge in [0, 0.05) is 5.69 Å². The summed E-state index contributed by atoms with van der Waals surface area (Å²) in [5, 5.41) is 0. The maximum atomic E-state index is 12.3. The fourth-order valence-corrected chi connectivity index (χ4v) is 0.562. The fourth-order valence-electron chi connectivity index (χ4n) is 0.562. The van der Waals surface area contributed by atoms with Crippen molar-refractivity contribution in [2.24, 2.45) is 0 Å². The average molecular weight is 126 g/mol. The number of halogens is 1. The van der Waals surface area contributed by atoms with E-state index < -0.39 is 5.82 Å². The quantitative estimate of drug-likeness (QED) is 0.509. The van der Waals surface area contributed by atoms with Gasteiger partial charge in [0.05, 0.1) is 5.69 Å². The van der Waals surface area contributed by atoms with Gasteiger partial charge in [0.15, 0.2) is 0 Å². The van der Waals surface area contributed by atoms with Crippen molar-refractivity contribution in [2.45, 2.75) is 0 Å². The summed E-state index contributed by atoms with van der Waals surface area (Å²) in [5.74, 6) is -0.427. The zero-order chi connectivity index (χ0) is 6.85. The van der Waals surface area contributed by atoms with Crippen molar-refractivity contribution in [1.29, 1.82) is 0 Å². The minimum atomic E-state index is -0.427. The minimum Gasteiger partial charge on any atom is -0.399 e. The second kappa shape index (κ2) is 1.93. The van der Waals surface area contributed by atoms with E-state index in [1.54, 1.807) is 0 Å². The molecule has 0 atom stereocenters. The first kappa shape index (κ1) is 5.88. The van der Waals surface area contributed by atoms with Gasteiger partial charge in [-0.15, -0.1) is 0 Å². The van der Waals surface area contributed by atoms with Crippen molar-refractivity contribution in [3.63, 3.8) is 0 Å². The fraction of sp³-hybridized carbons (Fsp3) is 0. The summed E-state index contributed by atoms with van der Waals surface area (Å²) < 4.78 is 12.3. The second-order valence-electron chi connectivity index (χ2n) is 1.78. The zero-order valence-corrected chi connectivity index (χ0v) is 4.76. The molecule has 0 heterocycles. The zero-order valence-electron chi connectivity index (χ0n) is 4.76. The van der Waals surface area contributed by atoms with Gasteiger partial charge in [-0.2, -0.15) is 0 Å². The summed E-state index contributed by atoms with van der Waals surface area (Å²) in [5.41, 5.74) is 11.0. The van der Waals surface area contributed by atoms with Gasteiger partial charge in [0.1, 0.15) is 5.82 Å². The Labute approximate surface area is 52.3 Å². The highest BCUT2D eigenvalue weighted by Gasteiger charge is 1.94. The molecule has 0 unspecified atom stereocenters. The number of nitrogens with two attached hydrogens (primary N) is 2. The summed E-state index contributed by atoms with van der Waals surface area (Å²) in [6.07, 6.45) is 0. The van der Waals surface area contributed by atoms with Gasteiger partial charge >= 0.3 is 0 Å². The van der Waals surface area contributed by atoms with Crippen LogP contribution in [0.4, 0.5) is 15.8 Å². The monoisotopic (exact) mass is 126 g/mol.